The Morgan fingerprint density at radius 2 is 1.24 bits per heavy atom. The van der Waals surface area contributed by atoms with Crippen LogP contribution >= 0.6 is 0 Å². The average Bonchev–Trinajstić information content (AvgIpc) is 3.11. The van der Waals surface area contributed by atoms with Crippen molar-refractivity contribution in [2.24, 2.45) is 5.11 Å². The van der Waals surface area contributed by atoms with Crippen LogP contribution in [0.25, 0.3) is 10.4 Å². The second-order valence-electron chi connectivity index (χ2n) is 13.1. The Morgan fingerprint density at radius 1 is 0.745 bits per heavy atom. The fraction of sp³-hybridized carbons (Fsp3) is 0.694. The highest BCUT2D eigenvalue weighted by Gasteiger charge is 2.55. The van der Waals surface area contributed by atoms with Crippen molar-refractivity contribution < 1.29 is 65.4 Å². The van der Waals surface area contributed by atoms with Gasteiger partial charge in [-0.2, -0.15) is 8.42 Å². The highest BCUT2D eigenvalue weighted by atomic mass is 32.2. The smallest absolute Gasteiger partial charge is 0.337 e. The lowest BCUT2D eigenvalue weighted by Gasteiger charge is -2.42. The van der Waals surface area contributed by atoms with E-state index in [0.29, 0.717) is 13.1 Å². The number of esters is 3. The van der Waals surface area contributed by atoms with Gasteiger partial charge in [0.1, 0.15) is 0 Å². The van der Waals surface area contributed by atoms with Crippen LogP contribution in [0.4, 0.5) is 0 Å². The summed E-state index contributed by atoms with van der Waals surface area (Å²) in [7, 11) is -3.53. The molecule has 1 fully saturated rings. The molecule has 1 aromatic carbocycles. The predicted molar refractivity (Wildman–Crippen MR) is 197 cm³/mol. The molecule has 1 saturated heterocycles. The third kappa shape index (κ3) is 18.5. The van der Waals surface area contributed by atoms with E-state index in [1.165, 1.54) is 69.9 Å². The molecule has 0 bridgehead atoms. The van der Waals surface area contributed by atoms with Gasteiger partial charge < -0.3 is 38.3 Å². The fourth-order valence-corrected chi connectivity index (χ4v) is 6.35. The Balaban J connectivity index is 1.89. The van der Waals surface area contributed by atoms with Gasteiger partial charge in [0.25, 0.3) is 16.9 Å². The number of carbonyl (C=O) groups excluding carboxylic acids is 4. The molecule has 5 atom stereocenters. The number of carbonyl (C=O) groups is 5. The van der Waals surface area contributed by atoms with E-state index in [1.807, 2.05) is 0 Å². The highest BCUT2D eigenvalue weighted by Crippen LogP contribution is 2.35. The lowest BCUT2D eigenvalue weighted by molar-refractivity contribution is -0.282. The zero-order valence-electron chi connectivity index (χ0n) is 31.7. The van der Waals surface area contributed by atoms with E-state index in [-0.39, 0.29) is 11.3 Å². The maximum atomic E-state index is 12.9. The second-order valence-corrected chi connectivity index (χ2v) is 13.7. The average molecular weight is 799 g/mol. The van der Waals surface area contributed by atoms with Crippen molar-refractivity contribution in [2.45, 2.75) is 148 Å². The van der Waals surface area contributed by atoms with Crippen LogP contribution in [0.2, 0.25) is 0 Å². The Bertz CT molecular complexity index is 1530. The molecule has 0 spiro atoms. The third-order valence-electron chi connectivity index (χ3n) is 8.55. The first-order valence-electron chi connectivity index (χ1n) is 18.7. The molecule has 19 heteroatoms. The molecule has 0 saturated carbocycles. The summed E-state index contributed by atoms with van der Waals surface area (Å²) < 4.78 is 54.9. The minimum Gasteiger partial charge on any atom is -0.479 e. The number of carboxylic acids is 1. The molecule has 2 rings (SSSR count). The zero-order valence-corrected chi connectivity index (χ0v) is 32.6. The minimum atomic E-state index is -3.53. The number of nitrogens with zero attached hydrogens (tertiary/aromatic N) is 3. The van der Waals surface area contributed by atoms with Crippen molar-refractivity contribution in [1.29, 1.82) is 0 Å². The van der Waals surface area contributed by atoms with Crippen LogP contribution in [0.3, 0.4) is 0 Å². The quantitative estimate of drug-likeness (QED) is 0.0190. The van der Waals surface area contributed by atoms with E-state index in [9.17, 15) is 37.5 Å². The maximum Gasteiger partial charge on any atom is 0.337 e. The number of thiol groups is 1. The van der Waals surface area contributed by atoms with Gasteiger partial charge in [-0.3, -0.25) is 19.2 Å². The Morgan fingerprint density at radius 3 is 1.73 bits per heavy atom. The number of ether oxygens (including phenoxy) is 5. The molecule has 308 valence electrons. The van der Waals surface area contributed by atoms with E-state index in [4.69, 9.17) is 33.4 Å². The normalized spacial score (nSPS) is 19.1. The number of nitrogens with one attached hydrogen (secondary N) is 1. The number of aliphatic carboxylic acids is 1. The minimum absolute atomic E-state index is 0.0265. The number of amides is 1. The van der Waals surface area contributed by atoms with Gasteiger partial charge in [0.2, 0.25) is 12.4 Å². The molecule has 18 nitrogen and oxygen atoms in total. The molecule has 1 aromatic rings. The molecular formula is C36H54N4O14S. The lowest BCUT2D eigenvalue weighted by atomic mass is 9.97. The monoisotopic (exact) mass is 798 g/mol. The van der Waals surface area contributed by atoms with Crippen LogP contribution in [0.5, 0.6) is 11.5 Å². The van der Waals surface area contributed by atoms with Crippen molar-refractivity contribution in [3.63, 3.8) is 0 Å². The van der Waals surface area contributed by atoms with Gasteiger partial charge in [0, 0.05) is 44.3 Å². The number of rotatable bonds is 27. The molecule has 1 aliphatic heterocycles. The van der Waals surface area contributed by atoms with Gasteiger partial charge >= 0.3 is 23.9 Å². The molecule has 0 aromatic heterocycles. The van der Waals surface area contributed by atoms with E-state index in [1.54, 1.807) is 0 Å². The molecule has 1 amide bonds. The maximum absolute atomic E-state index is 12.9. The summed E-state index contributed by atoms with van der Waals surface area (Å²) in [5.41, 5.74) is 8.30. The van der Waals surface area contributed by atoms with Gasteiger partial charge in [0.15, 0.2) is 29.8 Å². The largest absolute Gasteiger partial charge is 0.479 e. The van der Waals surface area contributed by atoms with E-state index < -0.39 is 77.2 Å². The second kappa shape index (κ2) is 26.2. The van der Waals surface area contributed by atoms with Crippen molar-refractivity contribution in [3.05, 3.63) is 34.2 Å². The Labute approximate surface area is 322 Å². The Hall–Kier alpha value is -4.61. The summed E-state index contributed by atoms with van der Waals surface area (Å²) in [5.74, 6) is -5.81. The van der Waals surface area contributed by atoms with Crippen LogP contribution in [0, 0.1) is 0 Å². The van der Waals surface area contributed by atoms with Gasteiger partial charge in [-0.1, -0.05) is 88.6 Å². The van der Waals surface area contributed by atoms with E-state index >= 15 is 0 Å². The van der Waals surface area contributed by atoms with Gasteiger partial charge in [-0.15, -0.1) is 0 Å². The predicted octanol–water partition coefficient (Wildman–Crippen LogP) is 5.47. The van der Waals surface area contributed by atoms with Crippen molar-refractivity contribution in [1.82, 2.24) is 5.32 Å². The number of benzene rings is 1. The van der Waals surface area contributed by atoms with E-state index in [0.717, 1.165) is 65.4 Å². The van der Waals surface area contributed by atoms with Gasteiger partial charge in [-0.25, -0.2) is 4.79 Å². The van der Waals surface area contributed by atoms with Crippen LogP contribution in [0.15, 0.2) is 23.3 Å². The summed E-state index contributed by atoms with van der Waals surface area (Å²) in [5, 5.41) is 16.2. The standard InChI is InChI=1S/C36H54N4O14S/c1-24(41)49-30-31(50-25(2)42)33(51-26(3)43)36(53-32(30)35(45)46)52-28-20-19-27(23-29(28)54-55(47)48)34(44)38-21-17-15-13-11-9-7-5-4-6-8-10-12-14-16-18-22-39-40-37/h19-20,23,30-33,36,55H,4-18,21-22H2,1-3H3,(H,38,44)(H,45,46)/t30-,31+,32+,33+,36?/m1/s1. The zero-order chi connectivity index (χ0) is 40.6. The van der Waals surface area contributed by atoms with Gasteiger partial charge in [0.05, 0.1) is 0 Å². The summed E-state index contributed by atoms with van der Waals surface area (Å²) >= 11 is 0. The van der Waals surface area contributed by atoms with Crippen molar-refractivity contribution in [3.8, 4) is 11.5 Å². The lowest BCUT2D eigenvalue weighted by Crippen LogP contribution is -2.64. The van der Waals surface area contributed by atoms with Crippen LogP contribution in [-0.4, -0.2) is 87.1 Å². The number of hydrogen-bond donors (Lipinski definition) is 3. The fourth-order valence-electron chi connectivity index (χ4n) is 6.05. The van der Waals surface area contributed by atoms with Crippen LogP contribution < -0.4 is 14.2 Å². The summed E-state index contributed by atoms with van der Waals surface area (Å²) in [4.78, 5) is 63.6. The third-order valence-corrected chi connectivity index (χ3v) is 8.90. The first kappa shape index (κ1) is 46.5. The molecule has 1 aliphatic rings. The number of carboxylic acid groups (broad SMARTS) is 1. The number of unbranched alkanes of at least 4 members (excludes halogenated alkanes) is 14. The van der Waals surface area contributed by atoms with Crippen LogP contribution in [-0.2, 0) is 49.1 Å². The molecule has 1 heterocycles. The van der Waals surface area contributed by atoms with Crippen LogP contribution in [0.1, 0.15) is 127 Å². The SMILES string of the molecule is CC(=O)O[C@@H]1[C@H](OC(C)=O)[C@H](OC(C)=O)C(Oc2ccc(C(=O)NCCCCCCCCCCCCCCCCCN=[N+]=[N-])cc2O[SH](=O)=O)O[C@@H]1C(=O)O. The molecule has 2 N–H and O–H groups in total. The van der Waals surface area contributed by atoms with Gasteiger partial charge in [-0.05, 0) is 36.6 Å². The van der Waals surface area contributed by atoms with Crippen molar-refractivity contribution in [2.75, 3.05) is 13.1 Å². The summed E-state index contributed by atoms with van der Waals surface area (Å²) in [6.07, 6.45) is 7.90. The number of hydrogen-bond acceptors (Lipinski definition) is 14. The molecular weight excluding hydrogens is 744 g/mol. The number of azide groups is 1. The summed E-state index contributed by atoms with van der Waals surface area (Å²) in [6.45, 7) is 3.95. The molecule has 0 aliphatic carbocycles. The highest BCUT2D eigenvalue weighted by molar-refractivity contribution is 7.67. The summed E-state index contributed by atoms with van der Waals surface area (Å²) in [6, 6.07) is 3.57. The first-order chi connectivity index (χ1) is 26.3. The Kier molecular flexibility index (Phi) is 22.2. The van der Waals surface area contributed by atoms with Crippen molar-refractivity contribution >= 4 is 40.8 Å². The molecule has 55 heavy (non-hydrogen) atoms. The topological polar surface area (TPSA) is 256 Å². The first-order valence-corrected chi connectivity index (χ1v) is 19.8. The van der Waals surface area contributed by atoms with E-state index in [2.05, 4.69) is 15.3 Å². The molecule has 0 radical (unpaired) electrons. The molecule has 1 unspecified atom stereocenters.